The first-order valence-corrected chi connectivity index (χ1v) is 6.16. The lowest BCUT2D eigenvalue weighted by Gasteiger charge is -2.07. The molecule has 0 heterocycles. The van der Waals surface area contributed by atoms with Gasteiger partial charge in [-0.3, -0.25) is 4.79 Å². The summed E-state index contributed by atoms with van der Waals surface area (Å²) in [6, 6.07) is 7.94. The van der Waals surface area contributed by atoms with Gasteiger partial charge in [0.25, 0.3) is 0 Å². The van der Waals surface area contributed by atoms with Gasteiger partial charge in [-0.15, -0.1) is 0 Å². The molecule has 2 rings (SSSR count). The third-order valence-corrected chi connectivity index (χ3v) is 3.42. The van der Waals surface area contributed by atoms with Crippen LogP contribution in [0.1, 0.15) is 15.9 Å². The van der Waals surface area contributed by atoms with Gasteiger partial charge in [-0.1, -0.05) is 6.07 Å². The molecule has 0 atom stereocenters. The van der Waals surface area contributed by atoms with Crippen molar-refractivity contribution in [3.8, 4) is 5.75 Å². The first kappa shape index (κ1) is 13.7. The van der Waals surface area contributed by atoms with Crippen LogP contribution in [0.15, 0.2) is 40.9 Å². The first-order chi connectivity index (χ1) is 9.04. The summed E-state index contributed by atoms with van der Waals surface area (Å²) in [5, 5.41) is 0. The zero-order valence-corrected chi connectivity index (χ0v) is 11.5. The van der Waals surface area contributed by atoms with E-state index in [1.165, 1.54) is 37.4 Å². The molecule has 0 radical (unpaired) electrons. The zero-order chi connectivity index (χ0) is 14.0. The van der Waals surface area contributed by atoms with E-state index in [1.807, 2.05) is 0 Å². The number of ketones is 1. The van der Waals surface area contributed by atoms with E-state index in [0.29, 0.717) is 5.75 Å². The van der Waals surface area contributed by atoms with Crippen molar-refractivity contribution in [3.05, 3.63) is 63.6 Å². The van der Waals surface area contributed by atoms with Crippen LogP contribution < -0.4 is 4.74 Å². The van der Waals surface area contributed by atoms with Gasteiger partial charge >= 0.3 is 0 Å². The van der Waals surface area contributed by atoms with Crippen molar-refractivity contribution in [1.29, 1.82) is 0 Å². The van der Waals surface area contributed by atoms with E-state index >= 15 is 0 Å². The summed E-state index contributed by atoms with van der Waals surface area (Å²) in [7, 11) is 1.40. The van der Waals surface area contributed by atoms with Gasteiger partial charge in [-0.25, -0.2) is 8.78 Å². The molecular weight excluding hydrogens is 318 g/mol. The Morgan fingerprint density at radius 2 is 1.84 bits per heavy atom. The van der Waals surface area contributed by atoms with Gasteiger partial charge in [0, 0.05) is 11.6 Å². The van der Waals surface area contributed by atoms with E-state index in [0.717, 1.165) is 6.07 Å². The Hall–Kier alpha value is -1.75. The van der Waals surface area contributed by atoms with E-state index in [4.69, 9.17) is 4.74 Å². The Balaban J connectivity index is 2.47. The molecule has 2 aromatic carbocycles. The number of hydrogen-bond acceptors (Lipinski definition) is 2. The summed E-state index contributed by atoms with van der Waals surface area (Å²) < 4.78 is 32.0. The molecule has 2 nitrogen and oxygen atoms in total. The minimum Gasteiger partial charge on any atom is -0.497 e. The number of carbonyl (C=O) groups excluding carboxylic acids is 1. The lowest BCUT2D eigenvalue weighted by molar-refractivity contribution is 0.103. The van der Waals surface area contributed by atoms with Crippen molar-refractivity contribution in [1.82, 2.24) is 0 Å². The van der Waals surface area contributed by atoms with Crippen molar-refractivity contribution in [2.24, 2.45) is 0 Å². The van der Waals surface area contributed by atoms with Crippen LogP contribution in [-0.2, 0) is 0 Å². The second kappa shape index (κ2) is 5.48. The molecular formula is C14H9BrF2O2. The Kier molecular flexibility index (Phi) is 3.95. The molecule has 0 saturated heterocycles. The third kappa shape index (κ3) is 2.66. The summed E-state index contributed by atoms with van der Waals surface area (Å²) in [5.41, 5.74) is -0.0591. The Morgan fingerprint density at radius 3 is 2.47 bits per heavy atom. The maximum absolute atomic E-state index is 13.8. The highest BCUT2D eigenvalue weighted by Gasteiger charge is 2.18. The van der Waals surface area contributed by atoms with Crippen molar-refractivity contribution >= 4 is 21.7 Å². The fraction of sp³-hybridized carbons (Fsp3) is 0.0714. The highest BCUT2D eigenvalue weighted by atomic mass is 79.9. The Bertz CT molecular complexity index is 641. The standard InChI is InChI=1S/C14H9BrF2O2/c1-19-8-5-6-9(12(17)7-8)14(18)10-3-2-4-11(16)13(10)15/h2-7H,1H3. The van der Waals surface area contributed by atoms with Crippen LogP contribution in [0.2, 0.25) is 0 Å². The number of benzene rings is 2. The second-order valence-corrected chi connectivity index (χ2v) is 4.57. The average molecular weight is 327 g/mol. The predicted molar refractivity (Wildman–Crippen MR) is 70.5 cm³/mol. The van der Waals surface area contributed by atoms with Crippen LogP contribution in [-0.4, -0.2) is 12.9 Å². The highest BCUT2D eigenvalue weighted by molar-refractivity contribution is 9.10. The van der Waals surface area contributed by atoms with E-state index in [1.54, 1.807) is 0 Å². The van der Waals surface area contributed by atoms with Gasteiger partial charge in [-0.2, -0.15) is 0 Å². The van der Waals surface area contributed by atoms with Crippen LogP contribution in [0.5, 0.6) is 5.75 Å². The lowest BCUT2D eigenvalue weighted by Crippen LogP contribution is -2.06. The fourth-order valence-electron chi connectivity index (χ4n) is 1.63. The molecule has 0 aliphatic rings. The molecule has 0 unspecified atom stereocenters. The molecule has 19 heavy (non-hydrogen) atoms. The Labute approximate surface area is 117 Å². The van der Waals surface area contributed by atoms with Crippen LogP contribution in [0.3, 0.4) is 0 Å². The topological polar surface area (TPSA) is 26.3 Å². The predicted octanol–water partition coefficient (Wildman–Crippen LogP) is 3.97. The summed E-state index contributed by atoms with van der Waals surface area (Å²) in [5.74, 6) is -1.56. The van der Waals surface area contributed by atoms with Gasteiger partial charge in [0.2, 0.25) is 0 Å². The molecule has 0 bridgehead atoms. The summed E-state index contributed by atoms with van der Waals surface area (Å²) in [6.45, 7) is 0. The van der Waals surface area contributed by atoms with Crippen molar-refractivity contribution in [3.63, 3.8) is 0 Å². The first-order valence-electron chi connectivity index (χ1n) is 5.37. The molecule has 0 aliphatic carbocycles. The Morgan fingerprint density at radius 1 is 1.11 bits per heavy atom. The largest absolute Gasteiger partial charge is 0.497 e. The molecule has 0 aromatic heterocycles. The average Bonchev–Trinajstić information content (AvgIpc) is 2.41. The van der Waals surface area contributed by atoms with E-state index in [2.05, 4.69) is 15.9 Å². The van der Waals surface area contributed by atoms with Crippen molar-refractivity contribution in [2.75, 3.05) is 7.11 Å². The summed E-state index contributed by atoms with van der Waals surface area (Å²) in [4.78, 5) is 12.2. The zero-order valence-electron chi connectivity index (χ0n) is 9.91. The lowest BCUT2D eigenvalue weighted by atomic mass is 10.0. The van der Waals surface area contributed by atoms with Gasteiger partial charge in [0.05, 0.1) is 17.1 Å². The molecule has 0 aliphatic heterocycles. The molecule has 5 heteroatoms. The van der Waals surface area contributed by atoms with Gasteiger partial charge in [0.15, 0.2) is 5.78 Å². The van der Waals surface area contributed by atoms with Crippen molar-refractivity contribution in [2.45, 2.75) is 0 Å². The van der Waals surface area contributed by atoms with Crippen LogP contribution in [0, 0.1) is 11.6 Å². The summed E-state index contributed by atoms with van der Waals surface area (Å²) in [6.07, 6.45) is 0. The molecule has 0 saturated carbocycles. The second-order valence-electron chi connectivity index (χ2n) is 3.78. The molecule has 0 amide bonds. The van der Waals surface area contributed by atoms with E-state index < -0.39 is 17.4 Å². The monoisotopic (exact) mass is 326 g/mol. The molecule has 0 fully saturated rings. The highest BCUT2D eigenvalue weighted by Crippen LogP contribution is 2.25. The smallest absolute Gasteiger partial charge is 0.197 e. The fourth-order valence-corrected chi connectivity index (χ4v) is 2.08. The SMILES string of the molecule is COc1ccc(C(=O)c2cccc(F)c2Br)c(F)c1. The van der Waals surface area contributed by atoms with Crippen LogP contribution in [0.25, 0.3) is 0 Å². The van der Waals surface area contributed by atoms with Gasteiger partial charge in [-0.05, 0) is 40.2 Å². The molecule has 0 spiro atoms. The van der Waals surface area contributed by atoms with E-state index in [9.17, 15) is 13.6 Å². The van der Waals surface area contributed by atoms with Crippen molar-refractivity contribution < 1.29 is 18.3 Å². The van der Waals surface area contributed by atoms with Crippen LogP contribution in [0.4, 0.5) is 8.78 Å². The van der Waals surface area contributed by atoms with Gasteiger partial charge in [0.1, 0.15) is 17.4 Å². The minimum absolute atomic E-state index is 0.0234. The maximum atomic E-state index is 13.8. The number of ether oxygens (including phenoxy) is 1. The third-order valence-electron chi connectivity index (χ3n) is 2.62. The number of halogens is 3. The summed E-state index contributed by atoms with van der Waals surface area (Å²) >= 11 is 2.99. The molecule has 0 N–H and O–H groups in total. The minimum atomic E-state index is -0.708. The number of hydrogen-bond donors (Lipinski definition) is 0. The molecule has 2 aromatic rings. The van der Waals surface area contributed by atoms with Gasteiger partial charge < -0.3 is 4.74 Å². The number of rotatable bonds is 3. The maximum Gasteiger partial charge on any atom is 0.197 e. The van der Waals surface area contributed by atoms with Crippen LogP contribution >= 0.6 is 15.9 Å². The normalized spacial score (nSPS) is 10.3. The molecule has 98 valence electrons. The quantitative estimate of drug-likeness (QED) is 0.798. The number of carbonyl (C=O) groups is 1. The number of methoxy groups -OCH3 is 1. The van der Waals surface area contributed by atoms with E-state index in [-0.39, 0.29) is 15.6 Å².